The van der Waals surface area contributed by atoms with Crippen LogP contribution < -0.4 is 0 Å². The summed E-state index contributed by atoms with van der Waals surface area (Å²) in [5, 5.41) is 8.09. The van der Waals surface area contributed by atoms with Gasteiger partial charge in [-0.15, -0.1) is 10.2 Å². The molecule has 0 fully saturated rings. The maximum absolute atomic E-state index is 11.3. The molecule has 1 aromatic heterocycles. The van der Waals surface area contributed by atoms with Gasteiger partial charge in [0.15, 0.2) is 0 Å². The Morgan fingerprint density at radius 1 is 1.47 bits per heavy atom. The first-order chi connectivity index (χ1) is 8.08. The molecule has 0 atom stereocenters. The second-order valence-electron chi connectivity index (χ2n) is 4.01. The summed E-state index contributed by atoms with van der Waals surface area (Å²) in [5.74, 6) is 1.51. The molecule has 0 saturated heterocycles. The number of nitrogens with zero attached hydrogens (tertiary/aromatic N) is 4. The number of carbonyl (C=O) groups excluding carboxylic acids is 1. The highest BCUT2D eigenvalue weighted by Gasteiger charge is 2.14. The molecule has 1 rings (SSSR count). The van der Waals surface area contributed by atoms with Gasteiger partial charge in [-0.3, -0.25) is 9.69 Å². The second-order valence-corrected chi connectivity index (χ2v) is 4.01. The van der Waals surface area contributed by atoms with Crippen LogP contribution in [0, 0.1) is 6.92 Å². The standard InChI is InChI=1S/C11H20N4O2/c1-5-6-15(8-11(16)17-4)7-10-13-12-9(2)14(10)3/h5-8H2,1-4H3. The Morgan fingerprint density at radius 3 is 2.65 bits per heavy atom. The first kappa shape index (κ1) is 13.6. The molecular formula is C11H20N4O2. The lowest BCUT2D eigenvalue weighted by atomic mass is 10.3. The zero-order valence-corrected chi connectivity index (χ0v) is 10.9. The molecule has 0 spiro atoms. The lowest BCUT2D eigenvalue weighted by Crippen LogP contribution is -2.31. The van der Waals surface area contributed by atoms with Gasteiger partial charge in [0.2, 0.25) is 0 Å². The molecule has 96 valence electrons. The number of esters is 1. The maximum atomic E-state index is 11.3. The van der Waals surface area contributed by atoms with Gasteiger partial charge in [0.05, 0.1) is 20.2 Å². The number of hydrogen-bond donors (Lipinski definition) is 0. The van der Waals surface area contributed by atoms with Crippen LogP contribution in [0.1, 0.15) is 25.0 Å². The molecule has 0 saturated carbocycles. The Hall–Kier alpha value is -1.43. The number of carbonyl (C=O) groups is 1. The monoisotopic (exact) mass is 240 g/mol. The van der Waals surface area contributed by atoms with Gasteiger partial charge in [0, 0.05) is 7.05 Å². The minimum Gasteiger partial charge on any atom is -0.468 e. The molecule has 0 radical (unpaired) electrons. The molecule has 0 amide bonds. The van der Waals surface area contributed by atoms with Crippen molar-refractivity contribution in [1.29, 1.82) is 0 Å². The molecule has 0 aliphatic carbocycles. The lowest BCUT2D eigenvalue weighted by molar-refractivity contribution is -0.142. The number of ether oxygens (including phenoxy) is 1. The van der Waals surface area contributed by atoms with Crippen LogP contribution in [0.25, 0.3) is 0 Å². The number of hydrogen-bond acceptors (Lipinski definition) is 5. The molecule has 0 unspecified atom stereocenters. The Kier molecular flexibility index (Phi) is 5.09. The Labute approximate surface area is 102 Å². The predicted octanol–water partition coefficient (Wildman–Crippen LogP) is 0.509. The Morgan fingerprint density at radius 2 is 2.18 bits per heavy atom. The summed E-state index contributed by atoms with van der Waals surface area (Å²) in [6.45, 7) is 5.71. The summed E-state index contributed by atoms with van der Waals surface area (Å²) in [5.41, 5.74) is 0. The smallest absolute Gasteiger partial charge is 0.319 e. The van der Waals surface area contributed by atoms with Crippen molar-refractivity contribution in [3.63, 3.8) is 0 Å². The average molecular weight is 240 g/mol. The third-order valence-corrected chi connectivity index (χ3v) is 2.67. The van der Waals surface area contributed by atoms with E-state index in [1.165, 1.54) is 7.11 Å². The largest absolute Gasteiger partial charge is 0.468 e. The van der Waals surface area contributed by atoms with Crippen LogP contribution in [0.2, 0.25) is 0 Å². The Bertz CT molecular complexity index is 376. The van der Waals surface area contributed by atoms with Crippen LogP contribution in [-0.4, -0.2) is 45.8 Å². The normalized spacial score (nSPS) is 10.9. The van der Waals surface area contributed by atoms with Crippen LogP contribution >= 0.6 is 0 Å². The molecule has 6 nitrogen and oxygen atoms in total. The van der Waals surface area contributed by atoms with E-state index in [9.17, 15) is 4.79 Å². The van der Waals surface area contributed by atoms with Crippen LogP contribution in [-0.2, 0) is 23.1 Å². The highest BCUT2D eigenvalue weighted by molar-refractivity contribution is 5.71. The van der Waals surface area contributed by atoms with E-state index >= 15 is 0 Å². The van der Waals surface area contributed by atoms with E-state index in [4.69, 9.17) is 0 Å². The highest BCUT2D eigenvalue weighted by atomic mass is 16.5. The van der Waals surface area contributed by atoms with Gasteiger partial charge in [0.25, 0.3) is 0 Å². The summed E-state index contributed by atoms with van der Waals surface area (Å²) in [4.78, 5) is 13.3. The minimum atomic E-state index is -0.225. The predicted molar refractivity (Wildman–Crippen MR) is 63.3 cm³/mol. The molecule has 17 heavy (non-hydrogen) atoms. The molecule has 1 heterocycles. The number of methoxy groups -OCH3 is 1. The van der Waals surface area contributed by atoms with E-state index in [-0.39, 0.29) is 12.5 Å². The second kappa shape index (κ2) is 6.34. The molecule has 0 aliphatic heterocycles. The van der Waals surface area contributed by atoms with Crippen molar-refractivity contribution in [2.24, 2.45) is 7.05 Å². The molecule has 0 aromatic carbocycles. The first-order valence-corrected chi connectivity index (χ1v) is 5.72. The SMILES string of the molecule is CCCN(CC(=O)OC)Cc1nnc(C)n1C. The van der Waals surface area contributed by atoms with Crippen molar-refractivity contribution in [3.05, 3.63) is 11.6 Å². The van der Waals surface area contributed by atoms with Gasteiger partial charge in [-0.05, 0) is 19.9 Å². The first-order valence-electron chi connectivity index (χ1n) is 5.72. The van der Waals surface area contributed by atoms with Gasteiger partial charge in [0.1, 0.15) is 11.6 Å². The molecule has 0 aliphatic rings. The zero-order chi connectivity index (χ0) is 12.8. The summed E-state index contributed by atoms with van der Waals surface area (Å²) >= 11 is 0. The van der Waals surface area contributed by atoms with E-state index in [0.29, 0.717) is 6.54 Å². The Balaban J connectivity index is 2.66. The van der Waals surface area contributed by atoms with Crippen molar-refractivity contribution >= 4 is 5.97 Å². The number of aryl methyl sites for hydroxylation is 1. The average Bonchev–Trinajstić information content (AvgIpc) is 2.61. The third kappa shape index (κ3) is 3.81. The molecule has 1 aromatic rings. The van der Waals surface area contributed by atoms with E-state index in [0.717, 1.165) is 24.6 Å². The van der Waals surface area contributed by atoms with Crippen LogP contribution in [0.15, 0.2) is 0 Å². The van der Waals surface area contributed by atoms with Crippen molar-refractivity contribution in [1.82, 2.24) is 19.7 Å². The van der Waals surface area contributed by atoms with Gasteiger partial charge in [-0.1, -0.05) is 6.92 Å². The van der Waals surface area contributed by atoms with Crippen molar-refractivity contribution in [2.75, 3.05) is 20.2 Å². The topological polar surface area (TPSA) is 60.3 Å². The van der Waals surface area contributed by atoms with Gasteiger partial charge < -0.3 is 9.30 Å². The summed E-state index contributed by atoms with van der Waals surface area (Å²) in [6, 6.07) is 0. The number of rotatable bonds is 6. The van der Waals surface area contributed by atoms with E-state index in [1.807, 2.05) is 23.4 Å². The van der Waals surface area contributed by atoms with Crippen molar-refractivity contribution < 1.29 is 9.53 Å². The fourth-order valence-electron chi connectivity index (χ4n) is 1.57. The summed E-state index contributed by atoms with van der Waals surface area (Å²) in [6.07, 6.45) is 0.980. The van der Waals surface area contributed by atoms with Crippen molar-refractivity contribution in [3.8, 4) is 0 Å². The zero-order valence-electron chi connectivity index (χ0n) is 10.9. The van der Waals surface area contributed by atoms with Crippen molar-refractivity contribution in [2.45, 2.75) is 26.8 Å². The summed E-state index contributed by atoms with van der Waals surface area (Å²) in [7, 11) is 3.33. The number of aromatic nitrogens is 3. The third-order valence-electron chi connectivity index (χ3n) is 2.67. The molecule has 0 bridgehead atoms. The van der Waals surface area contributed by atoms with E-state index < -0.39 is 0 Å². The van der Waals surface area contributed by atoms with Gasteiger partial charge in [-0.25, -0.2) is 0 Å². The highest BCUT2D eigenvalue weighted by Crippen LogP contribution is 2.04. The van der Waals surface area contributed by atoms with Crippen LogP contribution in [0.4, 0.5) is 0 Å². The molecular weight excluding hydrogens is 220 g/mol. The van der Waals surface area contributed by atoms with Crippen LogP contribution in [0.5, 0.6) is 0 Å². The fourth-order valence-corrected chi connectivity index (χ4v) is 1.57. The fraction of sp³-hybridized carbons (Fsp3) is 0.727. The van der Waals surface area contributed by atoms with Crippen LogP contribution in [0.3, 0.4) is 0 Å². The molecule has 0 N–H and O–H groups in total. The van der Waals surface area contributed by atoms with Gasteiger partial charge >= 0.3 is 5.97 Å². The lowest BCUT2D eigenvalue weighted by Gasteiger charge is -2.19. The molecule has 6 heteroatoms. The summed E-state index contributed by atoms with van der Waals surface area (Å²) < 4.78 is 6.61. The minimum absolute atomic E-state index is 0.225. The van der Waals surface area contributed by atoms with Gasteiger partial charge in [-0.2, -0.15) is 0 Å². The van der Waals surface area contributed by atoms with E-state index in [1.54, 1.807) is 0 Å². The van der Waals surface area contributed by atoms with E-state index in [2.05, 4.69) is 21.9 Å². The quantitative estimate of drug-likeness (QED) is 0.678. The maximum Gasteiger partial charge on any atom is 0.319 e.